The van der Waals surface area contributed by atoms with Crippen molar-refractivity contribution in [3.8, 4) is 24.1 Å². The van der Waals surface area contributed by atoms with Gasteiger partial charge in [0.15, 0.2) is 0 Å². The molecular weight excluding hydrogens is 326 g/mol. The quantitative estimate of drug-likeness (QED) is 0.740. The monoisotopic (exact) mass is 329 g/mol. The van der Waals surface area contributed by atoms with Crippen molar-refractivity contribution < 1.29 is 13.2 Å². The van der Waals surface area contributed by atoms with Crippen LogP contribution in [0.25, 0.3) is 5.69 Å². The number of nitrogens with zero attached hydrogens (tertiary/aromatic N) is 3. The molecule has 0 bridgehead atoms. The van der Waals surface area contributed by atoms with Crippen molar-refractivity contribution >= 4 is 23.2 Å². The van der Waals surface area contributed by atoms with E-state index < -0.39 is 22.3 Å². The number of nitriles is 1. The van der Waals surface area contributed by atoms with E-state index in [1.54, 1.807) is 0 Å². The smallest absolute Gasteiger partial charge is 0.237 e. The summed E-state index contributed by atoms with van der Waals surface area (Å²) in [5.74, 6) is 2.31. The molecule has 3 nitrogen and oxygen atoms in total. The lowest BCUT2D eigenvalue weighted by molar-refractivity contribution is -0.137. The summed E-state index contributed by atoms with van der Waals surface area (Å²) in [5.41, 5.74) is -1.57. The molecule has 0 spiro atoms. The number of terminal acetylenes is 1. The predicted octanol–water partition coefficient (Wildman–Crippen LogP) is 4.05. The maximum Gasteiger partial charge on any atom is 0.417 e. The van der Waals surface area contributed by atoms with Gasteiger partial charge in [0.05, 0.1) is 32.9 Å². The highest BCUT2D eigenvalue weighted by atomic mass is 35.5. The second-order valence-electron chi connectivity index (χ2n) is 3.87. The number of rotatable bonds is 1. The van der Waals surface area contributed by atoms with E-state index >= 15 is 0 Å². The molecule has 0 aliphatic rings. The molecule has 1 aromatic carbocycles. The molecule has 0 atom stereocenters. The Morgan fingerprint density at radius 1 is 1.33 bits per heavy atom. The first-order valence-electron chi connectivity index (χ1n) is 5.30. The Bertz CT molecular complexity index is 795. The third-order valence-electron chi connectivity index (χ3n) is 2.59. The van der Waals surface area contributed by atoms with Gasteiger partial charge in [0, 0.05) is 6.20 Å². The first-order chi connectivity index (χ1) is 9.79. The highest BCUT2D eigenvalue weighted by Crippen LogP contribution is 2.40. The van der Waals surface area contributed by atoms with E-state index in [4.69, 9.17) is 34.9 Å². The highest BCUT2D eigenvalue weighted by Gasteiger charge is 2.36. The van der Waals surface area contributed by atoms with Crippen molar-refractivity contribution in [1.29, 1.82) is 5.26 Å². The molecule has 21 heavy (non-hydrogen) atoms. The fraction of sp³-hybridized carbons (Fsp3) is 0.0769. The number of alkyl halides is 3. The maximum absolute atomic E-state index is 12.9. The average molecular weight is 330 g/mol. The van der Waals surface area contributed by atoms with Crippen LogP contribution in [0.3, 0.4) is 0 Å². The zero-order chi connectivity index (χ0) is 15.8. The number of aromatic nitrogens is 2. The molecule has 8 heteroatoms. The third-order valence-corrected chi connectivity index (χ3v) is 3.25. The van der Waals surface area contributed by atoms with Gasteiger partial charge in [0.1, 0.15) is 11.8 Å². The minimum absolute atomic E-state index is 0.0376. The van der Waals surface area contributed by atoms with Crippen molar-refractivity contribution in [1.82, 2.24) is 9.78 Å². The summed E-state index contributed by atoms with van der Waals surface area (Å²) in [5, 5.41) is 12.1. The van der Waals surface area contributed by atoms with Crippen LogP contribution in [0.15, 0.2) is 18.5 Å². The van der Waals surface area contributed by atoms with Crippen molar-refractivity contribution in [2.75, 3.05) is 0 Å². The molecule has 2 aromatic rings. The first-order valence-corrected chi connectivity index (χ1v) is 6.06. The fourth-order valence-electron chi connectivity index (χ4n) is 1.67. The molecule has 0 saturated carbocycles. The van der Waals surface area contributed by atoms with Gasteiger partial charge in [0.2, 0.25) is 0 Å². The van der Waals surface area contributed by atoms with E-state index in [2.05, 4.69) is 11.0 Å². The first kappa shape index (κ1) is 15.2. The summed E-state index contributed by atoms with van der Waals surface area (Å²) in [7, 11) is 0. The lowest BCUT2D eigenvalue weighted by Crippen LogP contribution is -2.10. The molecular formula is C13H4Cl2F3N3. The summed E-state index contributed by atoms with van der Waals surface area (Å²) >= 11 is 11.7. The zero-order valence-electron chi connectivity index (χ0n) is 10.0. The summed E-state index contributed by atoms with van der Waals surface area (Å²) in [6.45, 7) is 0. The van der Waals surface area contributed by atoms with Gasteiger partial charge >= 0.3 is 6.18 Å². The SMILES string of the molecule is C#Cc1cnn(-c2c(Cl)cc(C(F)(F)F)c(C#N)c2Cl)c1. The van der Waals surface area contributed by atoms with Crippen LogP contribution >= 0.6 is 23.2 Å². The minimum atomic E-state index is -4.75. The lowest BCUT2D eigenvalue weighted by Gasteiger charge is -2.14. The van der Waals surface area contributed by atoms with E-state index in [0.717, 1.165) is 4.68 Å². The Labute approximate surface area is 127 Å². The van der Waals surface area contributed by atoms with E-state index in [9.17, 15) is 13.2 Å². The summed E-state index contributed by atoms with van der Waals surface area (Å²) in [6, 6.07) is 2.07. The number of benzene rings is 1. The molecule has 0 saturated heterocycles. The molecule has 0 unspecified atom stereocenters. The van der Waals surface area contributed by atoms with Crippen LogP contribution in [-0.4, -0.2) is 9.78 Å². The van der Waals surface area contributed by atoms with E-state index in [-0.39, 0.29) is 10.7 Å². The Morgan fingerprint density at radius 3 is 2.48 bits per heavy atom. The molecule has 1 heterocycles. The van der Waals surface area contributed by atoms with Crippen LogP contribution in [0.1, 0.15) is 16.7 Å². The van der Waals surface area contributed by atoms with Gasteiger partial charge in [-0.05, 0) is 6.07 Å². The second-order valence-corrected chi connectivity index (χ2v) is 4.66. The highest BCUT2D eigenvalue weighted by molar-refractivity contribution is 6.38. The average Bonchev–Trinajstić information content (AvgIpc) is 2.85. The van der Waals surface area contributed by atoms with Crippen LogP contribution < -0.4 is 0 Å². The fourth-order valence-corrected chi connectivity index (χ4v) is 2.34. The van der Waals surface area contributed by atoms with E-state index in [1.165, 1.54) is 18.5 Å². The zero-order valence-corrected chi connectivity index (χ0v) is 11.6. The van der Waals surface area contributed by atoms with Crippen molar-refractivity contribution in [2.24, 2.45) is 0 Å². The van der Waals surface area contributed by atoms with Gasteiger partial charge in [-0.1, -0.05) is 29.1 Å². The van der Waals surface area contributed by atoms with Gasteiger partial charge in [-0.25, -0.2) is 4.68 Å². The molecule has 2 rings (SSSR count). The summed E-state index contributed by atoms with van der Waals surface area (Å²) in [4.78, 5) is 0. The van der Waals surface area contributed by atoms with Gasteiger partial charge in [0.25, 0.3) is 0 Å². The Balaban J connectivity index is 2.76. The minimum Gasteiger partial charge on any atom is -0.237 e. The van der Waals surface area contributed by atoms with Gasteiger partial charge in [-0.3, -0.25) is 0 Å². The topological polar surface area (TPSA) is 41.6 Å². The van der Waals surface area contributed by atoms with Crippen LogP contribution in [0.5, 0.6) is 0 Å². The normalized spacial score (nSPS) is 11.0. The molecule has 1 aromatic heterocycles. The van der Waals surface area contributed by atoms with Crippen molar-refractivity contribution in [3.63, 3.8) is 0 Å². The Kier molecular flexibility index (Phi) is 3.87. The lowest BCUT2D eigenvalue weighted by atomic mass is 10.1. The third kappa shape index (κ3) is 2.69. The Morgan fingerprint density at radius 2 is 2.00 bits per heavy atom. The number of hydrogen-bond donors (Lipinski definition) is 0. The van der Waals surface area contributed by atoms with Crippen LogP contribution in [-0.2, 0) is 6.18 Å². The molecule has 0 radical (unpaired) electrons. The van der Waals surface area contributed by atoms with E-state index in [1.807, 2.05) is 0 Å². The number of halogens is 5. The second kappa shape index (κ2) is 5.33. The van der Waals surface area contributed by atoms with Gasteiger partial charge in [-0.2, -0.15) is 23.5 Å². The summed E-state index contributed by atoms with van der Waals surface area (Å²) < 4.78 is 39.7. The largest absolute Gasteiger partial charge is 0.417 e. The van der Waals surface area contributed by atoms with E-state index in [0.29, 0.717) is 11.6 Å². The van der Waals surface area contributed by atoms with Crippen LogP contribution in [0.4, 0.5) is 13.2 Å². The van der Waals surface area contributed by atoms with Crippen LogP contribution in [0.2, 0.25) is 10.0 Å². The standard InChI is InChI=1S/C13H4Cl2F3N3/c1-2-7-5-20-21(6-7)12-10(14)3-9(13(16,17)18)8(4-19)11(12)15/h1,3,5-6H. The van der Waals surface area contributed by atoms with Gasteiger partial charge < -0.3 is 0 Å². The van der Waals surface area contributed by atoms with Crippen LogP contribution in [0, 0.1) is 23.7 Å². The molecule has 106 valence electrons. The molecule has 0 aliphatic carbocycles. The summed E-state index contributed by atoms with van der Waals surface area (Å²) in [6.07, 6.45) is 3.12. The molecule has 0 amide bonds. The van der Waals surface area contributed by atoms with Crippen molar-refractivity contribution in [2.45, 2.75) is 6.18 Å². The van der Waals surface area contributed by atoms with Crippen molar-refractivity contribution in [3.05, 3.63) is 45.2 Å². The predicted molar refractivity (Wildman–Crippen MR) is 71.2 cm³/mol. The molecule has 0 fully saturated rings. The molecule has 0 aliphatic heterocycles. The van der Waals surface area contributed by atoms with Gasteiger partial charge in [-0.15, -0.1) is 6.42 Å². The number of hydrogen-bond acceptors (Lipinski definition) is 2. The maximum atomic E-state index is 12.9. The molecule has 0 N–H and O–H groups in total. The Hall–Kier alpha value is -2.15.